The van der Waals surface area contributed by atoms with Crippen molar-refractivity contribution >= 4 is 57.2 Å². The lowest BCUT2D eigenvalue weighted by molar-refractivity contribution is -0.115. The maximum atomic E-state index is 11.9. The van der Waals surface area contributed by atoms with E-state index in [4.69, 9.17) is 12.2 Å². The lowest BCUT2D eigenvalue weighted by Gasteiger charge is -2.29. The number of carbonyl (C=O) groups is 1. The standard InChI is InChI=1S/C24H26IN5OS/c1-5-19(31)28-17-10-9-16(12-13(17)2)30-23(20-14(3)27-15(4)21(20)25)22(29-24(30)32)18-8-6-7-11-26-18/h6-12,22-23,27H,5H2,1-4H3,(H,28,31)(H,29,32)/t22-,23-/m0/s1. The molecule has 4 rings (SSSR count). The zero-order chi connectivity index (χ0) is 23.0. The molecule has 0 radical (unpaired) electrons. The van der Waals surface area contributed by atoms with Gasteiger partial charge in [-0.05, 0) is 91.5 Å². The molecule has 1 aliphatic rings. The molecule has 0 unspecified atom stereocenters. The van der Waals surface area contributed by atoms with Crippen LogP contribution < -0.4 is 15.5 Å². The van der Waals surface area contributed by atoms with Crippen molar-refractivity contribution in [2.75, 3.05) is 10.2 Å². The van der Waals surface area contributed by atoms with Gasteiger partial charge in [0, 0.05) is 44.5 Å². The summed E-state index contributed by atoms with van der Waals surface area (Å²) in [5.74, 6) is 0.000258. The van der Waals surface area contributed by atoms with Crippen molar-refractivity contribution in [1.82, 2.24) is 15.3 Å². The predicted molar refractivity (Wildman–Crippen MR) is 141 cm³/mol. The minimum atomic E-state index is -0.0918. The molecule has 3 aromatic rings. The van der Waals surface area contributed by atoms with Crippen molar-refractivity contribution < 1.29 is 4.79 Å². The summed E-state index contributed by atoms with van der Waals surface area (Å²) < 4.78 is 1.20. The van der Waals surface area contributed by atoms with Gasteiger partial charge in [0.05, 0.1) is 17.8 Å². The van der Waals surface area contributed by atoms with E-state index >= 15 is 0 Å². The zero-order valence-corrected chi connectivity index (χ0v) is 21.5. The summed E-state index contributed by atoms with van der Waals surface area (Å²) in [7, 11) is 0. The van der Waals surface area contributed by atoms with Crippen molar-refractivity contribution in [2.24, 2.45) is 0 Å². The SMILES string of the molecule is CCC(=O)Nc1ccc(N2C(=S)N[C@@H](c3ccccn3)[C@@H]2c2c(C)[nH]c(C)c2I)cc1C. The van der Waals surface area contributed by atoms with E-state index < -0.39 is 0 Å². The van der Waals surface area contributed by atoms with Crippen molar-refractivity contribution in [2.45, 2.75) is 46.2 Å². The first kappa shape index (κ1) is 22.7. The van der Waals surface area contributed by atoms with Crippen LogP contribution in [0, 0.1) is 24.3 Å². The second-order valence-corrected chi connectivity index (χ2v) is 9.47. The molecule has 2 aromatic heterocycles. The Morgan fingerprint density at radius 3 is 2.59 bits per heavy atom. The molecule has 0 saturated carbocycles. The maximum absolute atomic E-state index is 11.9. The normalized spacial score (nSPS) is 18.0. The second kappa shape index (κ2) is 9.19. The van der Waals surface area contributed by atoms with Crippen LogP contribution in [0.5, 0.6) is 0 Å². The average molecular weight is 559 g/mol. The van der Waals surface area contributed by atoms with Gasteiger partial charge in [-0.2, -0.15) is 0 Å². The number of amides is 1. The molecule has 1 fully saturated rings. The van der Waals surface area contributed by atoms with E-state index in [0.29, 0.717) is 11.5 Å². The summed E-state index contributed by atoms with van der Waals surface area (Å²) in [5.41, 5.74) is 7.21. The van der Waals surface area contributed by atoms with Gasteiger partial charge in [-0.25, -0.2) is 0 Å². The lowest BCUT2D eigenvalue weighted by atomic mass is 9.96. The van der Waals surface area contributed by atoms with Crippen molar-refractivity contribution in [1.29, 1.82) is 0 Å². The van der Waals surface area contributed by atoms with Crippen LogP contribution in [-0.4, -0.2) is 21.0 Å². The van der Waals surface area contributed by atoms with Crippen molar-refractivity contribution in [3.63, 3.8) is 0 Å². The van der Waals surface area contributed by atoms with Crippen LogP contribution in [0.3, 0.4) is 0 Å². The monoisotopic (exact) mass is 559 g/mol. The number of thiocarbonyl (C=S) groups is 1. The number of hydrogen-bond acceptors (Lipinski definition) is 3. The third-order valence-corrected chi connectivity index (χ3v) is 7.53. The first-order valence-electron chi connectivity index (χ1n) is 10.6. The number of rotatable bonds is 5. The van der Waals surface area contributed by atoms with Crippen LogP contribution >= 0.6 is 34.8 Å². The Bertz CT molecular complexity index is 1180. The van der Waals surface area contributed by atoms with Crippen LogP contribution in [-0.2, 0) is 4.79 Å². The lowest BCUT2D eigenvalue weighted by Crippen LogP contribution is -2.30. The number of H-pyrrole nitrogens is 1. The van der Waals surface area contributed by atoms with Gasteiger partial charge in [-0.3, -0.25) is 9.78 Å². The molecule has 1 saturated heterocycles. The molecule has 6 nitrogen and oxygen atoms in total. The molecule has 32 heavy (non-hydrogen) atoms. The molecule has 8 heteroatoms. The van der Waals surface area contributed by atoms with Gasteiger partial charge in [-0.1, -0.05) is 13.0 Å². The summed E-state index contributed by atoms with van der Waals surface area (Å²) in [5, 5.41) is 7.14. The highest BCUT2D eigenvalue weighted by molar-refractivity contribution is 14.1. The summed E-state index contributed by atoms with van der Waals surface area (Å²) in [6.45, 7) is 8.04. The van der Waals surface area contributed by atoms with Crippen molar-refractivity contribution in [3.8, 4) is 0 Å². The van der Waals surface area contributed by atoms with Crippen molar-refractivity contribution in [3.05, 3.63) is 74.4 Å². The Morgan fingerprint density at radius 2 is 2.00 bits per heavy atom. The number of anilines is 2. The molecular weight excluding hydrogens is 533 g/mol. The largest absolute Gasteiger partial charge is 0.362 e. The topological polar surface area (TPSA) is 73.1 Å². The van der Waals surface area contributed by atoms with E-state index in [0.717, 1.165) is 34.0 Å². The highest BCUT2D eigenvalue weighted by atomic mass is 127. The minimum absolute atomic E-state index is 0.000258. The minimum Gasteiger partial charge on any atom is -0.362 e. The Kier molecular flexibility index (Phi) is 6.52. The smallest absolute Gasteiger partial charge is 0.224 e. The second-order valence-electron chi connectivity index (χ2n) is 8.00. The van der Waals surface area contributed by atoms with E-state index in [1.807, 2.05) is 50.4 Å². The van der Waals surface area contributed by atoms with E-state index in [2.05, 4.69) is 68.0 Å². The molecule has 3 heterocycles. The molecule has 0 spiro atoms. The Labute approximate surface area is 207 Å². The number of halogens is 1. The Morgan fingerprint density at radius 1 is 1.22 bits per heavy atom. The zero-order valence-electron chi connectivity index (χ0n) is 18.5. The average Bonchev–Trinajstić information content (AvgIpc) is 3.24. The molecule has 0 aliphatic carbocycles. The van der Waals surface area contributed by atoms with Crippen LogP contribution in [0.25, 0.3) is 0 Å². The van der Waals surface area contributed by atoms with Crippen LogP contribution in [0.2, 0.25) is 0 Å². The molecule has 166 valence electrons. The maximum Gasteiger partial charge on any atom is 0.224 e. The van der Waals surface area contributed by atoms with Crippen LogP contribution in [0.4, 0.5) is 11.4 Å². The molecule has 1 aliphatic heterocycles. The predicted octanol–water partition coefficient (Wildman–Crippen LogP) is 5.47. The Balaban J connectivity index is 1.82. The summed E-state index contributed by atoms with van der Waals surface area (Å²) >= 11 is 8.25. The summed E-state index contributed by atoms with van der Waals surface area (Å²) in [6, 6.07) is 11.8. The third kappa shape index (κ3) is 4.13. The fraction of sp³-hybridized carbons (Fsp3) is 0.292. The number of pyridine rings is 1. The van der Waals surface area contributed by atoms with E-state index in [1.54, 1.807) is 0 Å². The third-order valence-electron chi connectivity index (χ3n) is 5.82. The highest BCUT2D eigenvalue weighted by Gasteiger charge is 2.43. The number of aromatic amines is 1. The van der Waals surface area contributed by atoms with Gasteiger partial charge < -0.3 is 20.5 Å². The van der Waals surface area contributed by atoms with Gasteiger partial charge in [0.1, 0.15) is 0 Å². The molecular formula is C24H26IN5OS. The van der Waals surface area contributed by atoms with E-state index in [1.165, 1.54) is 9.13 Å². The molecule has 1 amide bonds. The number of aromatic nitrogens is 2. The van der Waals surface area contributed by atoms with E-state index in [-0.39, 0.29) is 18.0 Å². The molecule has 2 atom stereocenters. The first-order valence-corrected chi connectivity index (χ1v) is 12.1. The van der Waals surface area contributed by atoms with Gasteiger partial charge in [0.25, 0.3) is 0 Å². The number of nitrogens with one attached hydrogen (secondary N) is 3. The van der Waals surface area contributed by atoms with Gasteiger partial charge >= 0.3 is 0 Å². The first-order chi connectivity index (χ1) is 15.3. The van der Waals surface area contributed by atoms with Crippen LogP contribution in [0.1, 0.15) is 53.6 Å². The quantitative estimate of drug-likeness (QED) is 0.286. The number of aryl methyl sites for hydroxylation is 3. The molecule has 3 N–H and O–H groups in total. The number of carbonyl (C=O) groups excluding carboxylic acids is 1. The van der Waals surface area contributed by atoms with E-state index in [9.17, 15) is 4.79 Å². The van der Waals surface area contributed by atoms with Crippen LogP contribution in [0.15, 0.2) is 42.6 Å². The number of benzene rings is 1. The summed E-state index contributed by atoms with van der Waals surface area (Å²) in [6.07, 6.45) is 2.26. The fourth-order valence-corrected chi connectivity index (χ4v) is 5.43. The summed E-state index contributed by atoms with van der Waals surface area (Å²) in [4.78, 5) is 22.2. The molecule has 1 aromatic carbocycles. The van der Waals surface area contributed by atoms with Gasteiger partial charge in [0.2, 0.25) is 5.91 Å². The van der Waals surface area contributed by atoms with Gasteiger partial charge in [0.15, 0.2) is 5.11 Å². The van der Waals surface area contributed by atoms with Gasteiger partial charge in [-0.15, -0.1) is 0 Å². The Hall–Kier alpha value is -2.46. The number of hydrogen-bond donors (Lipinski definition) is 3. The number of nitrogens with zero attached hydrogens (tertiary/aromatic N) is 2. The highest BCUT2D eigenvalue weighted by Crippen LogP contribution is 2.45. The molecule has 0 bridgehead atoms. The fourth-order valence-electron chi connectivity index (χ4n) is 4.22.